The van der Waals surface area contributed by atoms with Gasteiger partial charge in [0.1, 0.15) is 0 Å². The van der Waals surface area contributed by atoms with E-state index in [1.807, 2.05) is 12.1 Å². The second-order valence-corrected chi connectivity index (χ2v) is 9.99. The van der Waals surface area contributed by atoms with E-state index in [-0.39, 0.29) is 28.8 Å². The van der Waals surface area contributed by atoms with Gasteiger partial charge in [0, 0.05) is 29.1 Å². The van der Waals surface area contributed by atoms with Gasteiger partial charge in [-0.05, 0) is 67.0 Å². The third-order valence-electron chi connectivity index (χ3n) is 7.08. The van der Waals surface area contributed by atoms with Crippen molar-refractivity contribution >= 4 is 33.9 Å². The van der Waals surface area contributed by atoms with E-state index in [0.717, 1.165) is 35.4 Å². The van der Waals surface area contributed by atoms with Crippen LogP contribution in [-0.2, 0) is 25.9 Å². The number of hydrogen-bond acceptors (Lipinski definition) is 3. The summed E-state index contributed by atoms with van der Waals surface area (Å²) in [6, 6.07) is 11.3. The maximum atomic E-state index is 13.2. The SMILES string of the molecule is CCOC(=O)CC1CC2(CCN(C(=O)C=Cc3ccccc3C(F)(F)F)CC2)c2c(Br)cccc21. The third kappa shape index (κ3) is 5.32. The molecule has 2 aromatic rings. The Bertz CT molecular complexity index is 1140. The van der Waals surface area contributed by atoms with Crippen LogP contribution in [0.15, 0.2) is 53.0 Å². The minimum Gasteiger partial charge on any atom is -0.466 e. The Morgan fingerprint density at radius 3 is 2.54 bits per heavy atom. The molecule has 1 aliphatic heterocycles. The van der Waals surface area contributed by atoms with E-state index in [1.54, 1.807) is 11.8 Å². The second-order valence-electron chi connectivity index (χ2n) is 9.14. The van der Waals surface area contributed by atoms with Crippen LogP contribution in [-0.4, -0.2) is 36.5 Å². The van der Waals surface area contributed by atoms with E-state index in [2.05, 4.69) is 22.0 Å². The van der Waals surface area contributed by atoms with Gasteiger partial charge in [-0.1, -0.05) is 46.3 Å². The Labute approximate surface area is 211 Å². The number of benzene rings is 2. The predicted octanol–water partition coefficient (Wildman–Crippen LogP) is 6.48. The first-order valence-electron chi connectivity index (χ1n) is 11.7. The predicted molar refractivity (Wildman–Crippen MR) is 131 cm³/mol. The van der Waals surface area contributed by atoms with E-state index in [1.165, 1.54) is 35.9 Å². The van der Waals surface area contributed by atoms with Crippen LogP contribution in [0.2, 0.25) is 0 Å². The van der Waals surface area contributed by atoms with Crippen LogP contribution in [0.25, 0.3) is 6.08 Å². The molecule has 1 heterocycles. The molecule has 1 amide bonds. The van der Waals surface area contributed by atoms with Crippen LogP contribution in [0.3, 0.4) is 0 Å². The third-order valence-corrected chi connectivity index (χ3v) is 7.74. The summed E-state index contributed by atoms with van der Waals surface area (Å²) < 4.78 is 45.9. The monoisotopic (exact) mass is 549 g/mol. The highest BCUT2D eigenvalue weighted by molar-refractivity contribution is 9.10. The van der Waals surface area contributed by atoms with Gasteiger partial charge in [-0.25, -0.2) is 0 Å². The summed E-state index contributed by atoms with van der Waals surface area (Å²) in [5.41, 5.74) is 1.40. The van der Waals surface area contributed by atoms with E-state index in [4.69, 9.17) is 4.74 Å². The molecule has 4 nitrogen and oxygen atoms in total. The molecule has 35 heavy (non-hydrogen) atoms. The quantitative estimate of drug-likeness (QED) is 0.316. The van der Waals surface area contributed by atoms with Crippen LogP contribution in [0, 0.1) is 0 Å². The number of halogens is 4. The largest absolute Gasteiger partial charge is 0.466 e. The smallest absolute Gasteiger partial charge is 0.416 e. The van der Waals surface area contributed by atoms with Crippen molar-refractivity contribution in [2.75, 3.05) is 19.7 Å². The summed E-state index contributed by atoms with van der Waals surface area (Å²) in [6.07, 6.45) is 0.562. The molecule has 0 N–H and O–H groups in total. The summed E-state index contributed by atoms with van der Waals surface area (Å²) in [6.45, 7) is 3.13. The number of amides is 1. The lowest BCUT2D eigenvalue weighted by atomic mass is 9.73. The number of fused-ring (bicyclic) bond motifs is 2. The number of esters is 1. The maximum absolute atomic E-state index is 13.2. The minimum atomic E-state index is -4.48. The number of carbonyl (C=O) groups is 2. The van der Waals surface area contributed by atoms with Crippen molar-refractivity contribution in [1.29, 1.82) is 0 Å². The molecule has 8 heteroatoms. The highest BCUT2D eigenvalue weighted by atomic mass is 79.9. The van der Waals surface area contributed by atoms with Gasteiger partial charge in [-0.15, -0.1) is 0 Å². The number of likely N-dealkylation sites (tertiary alicyclic amines) is 1. The van der Waals surface area contributed by atoms with Gasteiger partial charge in [0.2, 0.25) is 5.91 Å². The number of nitrogens with zero attached hydrogens (tertiary/aromatic N) is 1. The highest BCUT2D eigenvalue weighted by Gasteiger charge is 2.47. The molecule has 2 aromatic carbocycles. The van der Waals surface area contributed by atoms with E-state index >= 15 is 0 Å². The molecule has 2 aliphatic rings. The van der Waals surface area contributed by atoms with Gasteiger partial charge in [0.15, 0.2) is 0 Å². The van der Waals surface area contributed by atoms with Crippen molar-refractivity contribution in [1.82, 2.24) is 4.90 Å². The van der Waals surface area contributed by atoms with Gasteiger partial charge < -0.3 is 9.64 Å². The molecular weight excluding hydrogens is 523 g/mol. The highest BCUT2D eigenvalue weighted by Crippen LogP contribution is 2.55. The van der Waals surface area contributed by atoms with Crippen molar-refractivity contribution in [3.63, 3.8) is 0 Å². The van der Waals surface area contributed by atoms with Gasteiger partial charge in [0.05, 0.1) is 18.6 Å². The molecule has 1 saturated heterocycles. The summed E-state index contributed by atoms with van der Waals surface area (Å²) in [5.74, 6) is -0.454. The first-order valence-corrected chi connectivity index (χ1v) is 12.5. The number of piperidine rings is 1. The zero-order chi connectivity index (χ0) is 25.2. The lowest BCUT2D eigenvalue weighted by molar-refractivity contribution is -0.143. The standard InChI is InChI=1S/C27H27BrF3NO3/c1-2-35-24(34)16-19-17-26(25-20(19)7-5-9-22(25)28)12-14-32(15-13-26)23(33)11-10-18-6-3-4-8-21(18)27(29,30)31/h3-11,19H,2,12-17H2,1H3. The van der Waals surface area contributed by atoms with Crippen LogP contribution in [0.1, 0.15) is 60.8 Å². The number of rotatable bonds is 5. The topological polar surface area (TPSA) is 46.6 Å². The molecule has 1 fully saturated rings. The molecule has 0 radical (unpaired) electrons. The molecule has 186 valence electrons. The summed E-state index contributed by atoms with van der Waals surface area (Å²) in [4.78, 5) is 26.7. The fourth-order valence-corrected chi connectivity index (χ4v) is 6.31. The van der Waals surface area contributed by atoms with Crippen molar-refractivity contribution in [3.05, 3.63) is 75.3 Å². The molecule has 1 aliphatic carbocycles. The van der Waals surface area contributed by atoms with Crippen LogP contribution in [0.5, 0.6) is 0 Å². The number of hydrogen-bond donors (Lipinski definition) is 0. The Hall–Kier alpha value is -2.61. The van der Waals surface area contributed by atoms with Gasteiger partial charge in [-0.2, -0.15) is 13.2 Å². The fourth-order valence-electron chi connectivity index (χ4n) is 5.50. The van der Waals surface area contributed by atoms with E-state index in [9.17, 15) is 22.8 Å². The number of alkyl halides is 3. The van der Waals surface area contributed by atoms with Crippen molar-refractivity contribution in [3.8, 4) is 0 Å². The molecule has 1 unspecified atom stereocenters. The molecule has 0 saturated carbocycles. The van der Waals surface area contributed by atoms with Crippen molar-refractivity contribution in [2.24, 2.45) is 0 Å². The summed E-state index contributed by atoms with van der Waals surface area (Å²) in [7, 11) is 0. The zero-order valence-corrected chi connectivity index (χ0v) is 21.0. The average Bonchev–Trinajstić information content (AvgIpc) is 3.11. The van der Waals surface area contributed by atoms with Crippen LogP contribution in [0.4, 0.5) is 13.2 Å². The minimum absolute atomic E-state index is 0.0303. The molecule has 1 atom stereocenters. The van der Waals surface area contributed by atoms with Crippen LogP contribution >= 0.6 is 15.9 Å². The summed E-state index contributed by atoms with van der Waals surface area (Å²) >= 11 is 3.70. The fraction of sp³-hybridized carbons (Fsp3) is 0.407. The van der Waals surface area contributed by atoms with Gasteiger partial charge in [-0.3, -0.25) is 9.59 Å². The first-order chi connectivity index (χ1) is 16.6. The molecule has 0 bridgehead atoms. The number of carbonyl (C=O) groups excluding carboxylic acids is 2. The molecular formula is C27H27BrF3NO3. The molecule has 4 rings (SSSR count). The van der Waals surface area contributed by atoms with Crippen molar-refractivity contribution < 1.29 is 27.5 Å². The van der Waals surface area contributed by atoms with Crippen LogP contribution < -0.4 is 0 Å². The Morgan fingerprint density at radius 1 is 1.14 bits per heavy atom. The maximum Gasteiger partial charge on any atom is 0.416 e. The zero-order valence-electron chi connectivity index (χ0n) is 19.4. The Morgan fingerprint density at radius 2 is 1.86 bits per heavy atom. The number of ether oxygens (including phenoxy) is 1. The second kappa shape index (κ2) is 10.2. The van der Waals surface area contributed by atoms with Crippen molar-refractivity contribution in [2.45, 2.75) is 50.1 Å². The first kappa shape index (κ1) is 25.5. The normalized spacial score (nSPS) is 19.2. The van der Waals surface area contributed by atoms with E-state index < -0.39 is 11.7 Å². The lowest BCUT2D eigenvalue weighted by Crippen LogP contribution is -2.44. The summed E-state index contributed by atoms with van der Waals surface area (Å²) in [5, 5.41) is 0. The molecule has 0 aromatic heterocycles. The average molecular weight is 550 g/mol. The Balaban J connectivity index is 1.48. The lowest BCUT2D eigenvalue weighted by Gasteiger charge is -2.40. The van der Waals surface area contributed by atoms with Gasteiger partial charge >= 0.3 is 12.1 Å². The van der Waals surface area contributed by atoms with E-state index in [0.29, 0.717) is 26.1 Å². The molecule has 1 spiro atoms. The Kier molecular flexibility index (Phi) is 7.40. The van der Waals surface area contributed by atoms with Gasteiger partial charge in [0.25, 0.3) is 0 Å².